The van der Waals surface area contributed by atoms with Crippen molar-refractivity contribution in [1.29, 1.82) is 0 Å². The molecule has 0 atom stereocenters. The molecule has 0 spiro atoms. The molecule has 0 saturated heterocycles. The van der Waals surface area contributed by atoms with Gasteiger partial charge in [0.2, 0.25) is 0 Å². The van der Waals surface area contributed by atoms with Crippen LogP contribution >= 0.6 is 0 Å². The monoisotopic (exact) mass is 98.1 g/mol. The Labute approximate surface area is 46.9 Å². The molecule has 0 radical (unpaired) electrons. The third-order valence-corrected chi connectivity index (χ3v) is 0.526. The summed E-state index contributed by atoms with van der Waals surface area (Å²) >= 11 is 0. The van der Waals surface area contributed by atoms with Gasteiger partial charge in [0.1, 0.15) is 0 Å². The number of terminal acetylenes is 1. The average molecular weight is 98.2 g/mol. The zero-order chi connectivity index (χ0) is 4.99. The lowest BCUT2D eigenvalue weighted by Gasteiger charge is -1.90. The molecule has 0 aromatic heterocycles. The Balaban J connectivity index is 0. The molecule has 0 N–H and O–H groups in total. The lowest BCUT2D eigenvalue weighted by Crippen LogP contribution is -1.79. The molecule has 7 heavy (non-hydrogen) atoms. The van der Waals surface area contributed by atoms with Crippen LogP contribution in [0.15, 0.2) is 0 Å². The first-order valence-electron chi connectivity index (χ1n) is 2.21. The zero-order valence-corrected chi connectivity index (χ0v) is 4.36. The van der Waals surface area contributed by atoms with Crippen LogP contribution in [0.2, 0.25) is 0 Å². The van der Waals surface area contributed by atoms with Gasteiger partial charge in [-0.05, 0) is 5.92 Å². The van der Waals surface area contributed by atoms with Crippen molar-refractivity contribution in [2.75, 3.05) is 0 Å². The predicted octanol–water partition coefficient (Wildman–Crippen LogP) is 2.30. The molecule has 0 nitrogen and oxygen atoms in total. The maximum Gasteiger partial charge on any atom is 0.0109 e. The highest BCUT2D eigenvalue weighted by Crippen LogP contribution is 1.94. The summed E-state index contributed by atoms with van der Waals surface area (Å²) in [6, 6.07) is 0. The van der Waals surface area contributed by atoms with Gasteiger partial charge < -0.3 is 0 Å². The van der Waals surface area contributed by atoms with E-state index in [0.717, 1.165) is 6.42 Å². The molecule has 0 saturated carbocycles. The third kappa shape index (κ3) is 10.8. The Bertz CT molecular complexity index is 54.9. The first-order chi connectivity index (χ1) is 2.77. The molecule has 0 heteroatoms. The number of rotatable bonds is 1. The van der Waals surface area contributed by atoms with Gasteiger partial charge in [-0.15, -0.1) is 12.3 Å². The van der Waals surface area contributed by atoms with Crippen LogP contribution in [0.25, 0.3) is 0 Å². The van der Waals surface area contributed by atoms with Crippen LogP contribution in [0.1, 0.15) is 27.7 Å². The van der Waals surface area contributed by atoms with Gasteiger partial charge in [-0.2, -0.15) is 0 Å². The molecule has 0 aromatic carbocycles. The Morgan fingerprint density at radius 1 is 1.57 bits per heavy atom. The molecule has 0 unspecified atom stereocenters. The molecule has 0 fully saturated rings. The lowest BCUT2D eigenvalue weighted by molar-refractivity contribution is 0.676. The molecular weight excluding hydrogens is 84.1 g/mol. The van der Waals surface area contributed by atoms with Crippen molar-refractivity contribution in [3.63, 3.8) is 0 Å². The average Bonchev–Trinajstić information content (AvgIpc) is 1.35. The maximum absolute atomic E-state index is 4.98. The molecule has 0 rings (SSSR count). The summed E-state index contributed by atoms with van der Waals surface area (Å²) in [6.07, 6.45) is 5.88. The van der Waals surface area contributed by atoms with Crippen LogP contribution in [-0.4, -0.2) is 0 Å². The summed E-state index contributed by atoms with van der Waals surface area (Å²) in [6.45, 7) is 4.22. The molecule has 0 amide bonds. The van der Waals surface area contributed by atoms with Crippen LogP contribution in [0.5, 0.6) is 0 Å². The van der Waals surface area contributed by atoms with E-state index < -0.39 is 0 Å². The van der Waals surface area contributed by atoms with E-state index in [-0.39, 0.29) is 7.43 Å². The molecular formula is C7H14. The van der Waals surface area contributed by atoms with E-state index in [2.05, 4.69) is 19.8 Å². The van der Waals surface area contributed by atoms with Crippen molar-refractivity contribution >= 4 is 0 Å². The third-order valence-electron chi connectivity index (χ3n) is 0.526. The molecule has 0 heterocycles. The van der Waals surface area contributed by atoms with E-state index in [1.807, 2.05) is 0 Å². The minimum absolute atomic E-state index is 0. The van der Waals surface area contributed by atoms with Crippen LogP contribution in [0.4, 0.5) is 0 Å². The van der Waals surface area contributed by atoms with Crippen LogP contribution in [0, 0.1) is 18.3 Å². The van der Waals surface area contributed by atoms with Gasteiger partial charge in [0.15, 0.2) is 0 Å². The highest BCUT2D eigenvalue weighted by Gasteiger charge is 1.83. The Hall–Kier alpha value is -0.440. The van der Waals surface area contributed by atoms with Crippen molar-refractivity contribution in [3.8, 4) is 12.3 Å². The Morgan fingerprint density at radius 3 is 2.00 bits per heavy atom. The van der Waals surface area contributed by atoms with Crippen molar-refractivity contribution in [1.82, 2.24) is 0 Å². The van der Waals surface area contributed by atoms with Crippen molar-refractivity contribution in [3.05, 3.63) is 0 Å². The fourth-order valence-electron chi connectivity index (χ4n) is 0.236. The Morgan fingerprint density at radius 2 is 2.00 bits per heavy atom. The van der Waals surface area contributed by atoms with E-state index in [1.54, 1.807) is 0 Å². The summed E-state index contributed by atoms with van der Waals surface area (Å²) < 4.78 is 0. The first-order valence-corrected chi connectivity index (χ1v) is 2.21. The standard InChI is InChI=1S/C6H10.CH4/c1-4-5-6(2)3;/h1,6H,5H2,2-3H3;1H4. The van der Waals surface area contributed by atoms with Crippen molar-refractivity contribution < 1.29 is 0 Å². The summed E-state index contributed by atoms with van der Waals surface area (Å²) in [5, 5.41) is 0. The van der Waals surface area contributed by atoms with Crippen molar-refractivity contribution in [2.45, 2.75) is 27.7 Å². The van der Waals surface area contributed by atoms with Gasteiger partial charge in [-0.3, -0.25) is 0 Å². The van der Waals surface area contributed by atoms with E-state index in [1.165, 1.54) is 0 Å². The first kappa shape index (κ1) is 9.75. The zero-order valence-electron chi connectivity index (χ0n) is 4.36. The minimum Gasteiger partial charge on any atom is -0.120 e. The molecule has 0 aliphatic rings. The van der Waals surface area contributed by atoms with E-state index in [0.29, 0.717) is 5.92 Å². The van der Waals surface area contributed by atoms with E-state index in [9.17, 15) is 0 Å². The summed E-state index contributed by atoms with van der Waals surface area (Å²) in [5.74, 6) is 3.23. The summed E-state index contributed by atoms with van der Waals surface area (Å²) in [5.41, 5.74) is 0. The predicted molar refractivity (Wildman–Crippen MR) is 35.0 cm³/mol. The van der Waals surface area contributed by atoms with Crippen molar-refractivity contribution in [2.24, 2.45) is 5.92 Å². The SMILES string of the molecule is C.C#CCC(C)C. The van der Waals surface area contributed by atoms with Crippen LogP contribution in [-0.2, 0) is 0 Å². The second-order valence-corrected chi connectivity index (χ2v) is 1.80. The van der Waals surface area contributed by atoms with Gasteiger partial charge in [0, 0.05) is 6.42 Å². The Kier molecular flexibility index (Phi) is 7.75. The minimum atomic E-state index is 0. The van der Waals surface area contributed by atoms with Gasteiger partial charge >= 0.3 is 0 Å². The normalized spacial score (nSPS) is 7.14. The fraction of sp³-hybridized carbons (Fsp3) is 0.714. The fourth-order valence-corrected chi connectivity index (χ4v) is 0.236. The quantitative estimate of drug-likeness (QED) is 0.441. The van der Waals surface area contributed by atoms with Gasteiger partial charge in [-0.25, -0.2) is 0 Å². The number of hydrogen-bond acceptors (Lipinski definition) is 0. The van der Waals surface area contributed by atoms with Gasteiger partial charge in [0.25, 0.3) is 0 Å². The summed E-state index contributed by atoms with van der Waals surface area (Å²) in [7, 11) is 0. The van der Waals surface area contributed by atoms with E-state index >= 15 is 0 Å². The molecule has 0 aromatic rings. The van der Waals surface area contributed by atoms with E-state index in [4.69, 9.17) is 6.42 Å². The molecule has 0 aliphatic heterocycles. The smallest absolute Gasteiger partial charge is 0.0109 e. The molecule has 0 aliphatic carbocycles. The highest BCUT2D eigenvalue weighted by molar-refractivity contribution is 4.84. The molecule has 42 valence electrons. The second kappa shape index (κ2) is 5.56. The second-order valence-electron chi connectivity index (χ2n) is 1.80. The van der Waals surface area contributed by atoms with Crippen LogP contribution < -0.4 is 0 Å². The maximum atomic E-state index is 4.98. The largest absolute Gasteiger partial charge is 0.120 e. The van der Waals surface area contributed by atoms with Gasteiger partial charge in [0.05, 0.1) is 0 Å². The highest BCUT2D eigenvalue weighted by atomic mass is 13.9. The van der Waals surface area contributed by atoms with Gasteiger partial charge in [-0.1, -0.05) is 21.3 Å². The molecule has 0 bridgehead atoms. The topological polar surface area (TPSA) is 0 Å². The number of hydrogen-bond donors (Lipinski definition) is 0. The lowest BCUT2D eigenvalue weighted by atomic mass is 10.1. The van der Waals surface area contributed by atoms with Crippen LogP contribution in [0.3, 0.4) is 0 Å². The summed E-state index contributed by atoms with van der Waals surface area (Å²) in [4.78, 5) is 0.